The molecule has 5 heteroatoms. The molecule has 5 nitrogen and oxygen atoms in total. The van der Waals surface area contributed by atoms with Crippen molar-refractivity contribution in [2.45, 2.75) is 32.9 Å². The number of hydrogen-bond donors (Lipinski definition) is 1. The van der Waals surface area contributed by atoms with E-state index in [1.807, 2.05) is 6.92 Å². The van der Waals surface area contributed by atoms with Crippen LogP contribution >= 0.6 is 0 Å². The van der Waals surface area contributed by atoms with E-state index in [0.29, 0.717) is 6.54 Å². The van der Waals surface area contributed by atoms with E-state index in [0.717, 1.165) is 0 Å². The highest BCUT2D eigenvalue weighted by Crippen LogP contribution is 2.12. The van der Waals surface area contributed by atoms with Crippen molar-refractivity contribution in [3.8, 4) is 0 Å². The molecule has 1 rings (SSSR count). The quantitative estimate of drug-likeness (QED) is 0.685. The van der Waals surface area contributed by atoms with Gasteiger partial charge in [0.25, 0.3) is 0 Å². The smallest absolute Gasteiger partial charge is 0.245 e. The largest absolute Gasteiger partial charge is 0.392 e. The van der Waals surface area contributed by atoms with Gasteiger partial charge < -0.3 is 14.9 Å². The minimum absolute atomic E-state index is 0.0437. The van der Waals surface area contributed by atoms with E-state index in [1.165, 1.54) is 9.80 Å². The Kier molecular flexibility index (Phi) is 3.68. The number of carbonyl (C=O) groups is 2. The maximum atomic E-state index is 11.7. The number of β-amino-alcohol motifs (C(OH)–C–C–N with tert-alkyl or cyclic N) is 1. The Morgan fingerprint density at radius 2 is 2.13 bits per heavy atom. The molecule has 2 amide bonds. The van der Waals surface area contributed by atoms with Crippen molar-refractivity contribution in [3.05, 3.63) is 0 Å². The molecule has 1 heterocycles. The highest BCUT2D eigenvalue weighted by molar-refractivity contribution is 5.94. The zero-order valence-corrected chi connectivity index (χ0v) is 9.43. The van der Waals surface area contributed by atoms with Gasteiger partial charge in [-0.05, 0) is 20.8 Å². The van der Waals surface area contributed by atoms with Gasteiger partial charge in [0.05, 0.1) is 12.6 Å². The van der Waals surface area contributed by atoms with Crippen LogP contribution in [0.3, 0.4) is 0 Å². The molecule has 15 heavy (non-hydrogen) atoms. The molecule has 2 unspecified atom stereocenters. The summed E-state index contributed by atoms with van der Waals surface area (Å²) >= 11 is 0. The van der Waals surface area contributed by atoms with E-state index < -0.39 is 12.1 Å². The maximum absolute atomic E-state index is 11.7. The third kappa shape index (κ3) is 2.47. The summed E-state index contributed by atoms with van der Waals surface area (Å²) in [5.74, 6) is -0.136. The second-order valence-electron chi connectivity index (χ2n) is 3.92. The van der Waals surface area contributed by atoms with Crippen LogP contribution in [0.25, 0.3) is 0 Å². The monoisotopic (exact) mass is 214 g/mol. The van der Waals surface area contributed by atoms with Gasteiger partial charge in [0.1, 0.15) is 6.04 Å². The average Bonchev–Trinajstić information content (AvgIpc) is 2.18. The molecule has 1 fully saturated rings. The number of amides is 2. The van der Waals surface area contributed by atoms with Gasteiger partial charge in [-0.2, -0.15) is 0 Å². The van der Waals surface area contributed by atoms with Crippen molar-refractivity contribution in [1.29, 1.82) is 0 Å². The summed E-state index contributed by atoms with van der Waals surface area (Å²) in [5, 5.41) is 9.23. The third-order valence-corrected chi connectivity index (χ3v) is 2.63. The molecular formula is C10H18N2O3. The number of hydrogen-bond acceptors (Lipinski definition) is 3. The van der Waals surface area contributed by atoms with Crippen LogP contribution in [0.5, 0.6) is 0 Å². The molecule has 1 aliphatic rings. The fourth-order valence-corrected chi connectivity index (χ4v) is 1.76. The van der Waals surface area contributed by atoms with Crippen LogP contribution in [0.15, 0.2) is 0 Å². The fraction of sp³-hybridized carbons (Fsp3) is 0.800. The Bertz CT molecular complexity index is 265. The predicted molar refractivity (Wildman–Crippen MR) is 55.1 cm³/mol. The van der Waals surface area contributed by atoms with Gasteiger partial charge in [0.15, 0.2) is 0 Å². The molecule has 0 saturated carbocycles. The fourth-order valence-electron chi connectivity index (χ4n) is 1.76. The second-order valence-corrected chi connectivity index (χ2v) is 3.92. The number of rotatable bonds is 3. The Balaban J connectivity index is 2.75. The summed E-state index contributed by atoms with van der Waals surface area (Å²) in [6, 6.07) is -0.458. The number of likely N-dealkylation sites (N-methyl/N-ethyl adjacent to an activating group) is 1. The summed E-state index contributed by atoms with van der Waals surface area (Å²) in [7, 11) is 0. The third-order valence-electron chi connectivity index (χ3n) is 2.63. The topological polar surface area (TPSA) is 60.9 Å². The van der Waals surface area contributed by atoms with E-state index in [2.05, 4.69) is 0 Å². The molecule has 1 aliphatic heterocycles. The Morgan fingerprint density at radius 3 is 2.60 bits per heavy atom. The second kappa shape index (κ2) is 4.61. The lowest BCUT2D eigenvalue weighted by Crippen LogP contribution is -2.59. The van der Waals surface area contributed by atoms with Gasteiger partial charge in [0.2, 0.25) is 11.8 Å². The Labute approximate surface area is 89.7 Å². The van der Waals surface area contributed by atoms with Crippen molar-refractivity contribution in [1.82, 2.24) is 9.80 Å². The molecule has 0 aromatic carbocycles. The average molecular weight is 214 g/mol. The zero-order valence-electron chi connectivity index (χ0n) is 9.43. The summed E-state index contributed by atoms with van der Waals surface area (Å²) in [5.41, 5.74) is 0. The number of nitrogens with zero attached hydrogens (tertiary/aromatic N) is 2. The Hall–Kier alpha value is -1.10. The van der Waals surface area contributed by atoms with E-state index >= 15 is 0 Å². The first kappa shape index (κ1) is 12.0. The van der Waals surface area contributed by atoms with Crippen molar-refractivity contribution < 1.29 is 14.7 Å². The summed E-state index contributed by atoms with van der Waals surface area (Å²) in [6.07, 6.45) is -0.600. The summed E-state index contributed by atoms with van der Waals surface area (Å²) in [6.45, 7) is 6.07. The van der Waals surface area contributed by atoms with Gasteiger partial charge >= 0.3 is 0 Å². The number of aliphatic hydroxyl groups is 1. The Morgan fingerprint density at radius 1 is 1.53 bits per heavy atom. The molecule has 86 valence electrons. The first-order chi connectivity index (χ1) is 6.97. The minimum atomic E-state index is -0.600. The summed E-state index contributed by atoms with van der Waals surface area (Å²) in [4.78, 5) is 26.4. The van der Waals surface area contributed by atoms with E-state index in [4.69, 9.17) is 0 Å². The van der Waals surface area contributed by atoms with Crippen LogP contribution in [-0.2, 0) is 9.59 Å². The number of piperazine rings is 1. The highest BCUT2D eigenvalue weighted by atomic mass is 16.3. The van der Waals surface area contributed by atoms with Crippen molar-refractivity contribution in [2.75, 3.05) is 19.6 Å². The lowest BCUT2D eigenvalue weighted by atomic mass is 10.1. The van der Waals surface area contributed by atoms with E-state index in [-0.39, 0.29) is 24.9 Å². The molecule has 1 N–H and O–H groups in total. The highest BCUT2D eigenvalue weighted by Gasteiger charge is 2.35. The first-order valence-electron chi connectivity index (χ1n) is 5.23. The van der Waals surface area contributed by atoms with Crippen molar-refractivity contribution >= 4 is 11.8 Å². The van der Waals surface area contributed by atoms with Crippen LogP contribution in [-0.4, -0.2) is 58.5 Å². The van der Waals surface area contributed by atoms with Gasteiger partial charge in [0, 0.05) is 13.1 Å². The van der Waals surface area contributed by atoms with E-state index in [9.17, 15) is 14.7 Å². The first-order valence-corrected chi connectivity index (χ1v) is 5.23. The van der Waals surface area contributed by atoms with Crippen molar-refractivity contribution in [3.63, 3.8) is 0 Å². The lowest BCUT2D eigenvalue weighted by Gasteiger charge is -2.38. The zero-order chi connectivity index (χ0) is 11.6. The van der Waals surface area contributed by atoms with Crippen molar-refractivity contribution in [2.24, 2.45) is 0 Å². The summed E-state index contributed by atoms with van der Waals surface area (Å²) < 4.78 is 0. The van der Waals surface area contributed by atoms with Crippen LogP contribution in [0.1, 0.15) is 20.8 Å². The number of aliphatic hydroxyl groups excluding tert-OH is 1. The number of carbonyl (C=O) groups excluding carboxylic acids is 2. The van der Waals surface area contributed by atoms with Crippen LogP contribution in [0.2, 0.25) is 0 Å². The molecule has 0 aliphatic carbocycles. The normalized spacial score (nSPS) is 24.7. The predicted octanol–water partition coefficient (Wildman–Crippen LogP) is -0.554. The molecule has 0 bridgehead atoms. The molecule has 0 radical (unpaired) electrons. The molecule has 0 aromatic heterocycles. The van der Waals surface area contributed by atoms with Crippen LogP contribution in [0, 0.1) is 0 Å². The van der Waals surface area contributed by atoms with Gasteiger partial charge in [-0.25, -0.2) is 0 Å². The minimum Gasteiger partial charge on any atom is -0.392 e. The molecular weight excluding hydrogens is 196 g/mol. The SMILES string of the molecule is CCN1CC(=O)N(CC(C)O)C(C)C1=O. The molecule has 2 atom stereocenters. The molecule has 0 spiro atoms. The molecule has 0 aromatic rings. The van der Waals surface area contributed by atoms with Gasteiger partial charge in [-0.1, -0.05) is 0 Å². The molecule has 1 saturated heterocycles. The van der Waals surface area contributed by atoms with Gasteiger partial charge in [-0.15, -0.1) is 0 Å². The standard InChI is InChI=1S/C10H18N2O3/c1-4-11-6-9(14)12(5-7(2)13)8(3)10(11)15/h7-8,13H,4-6H2,1-3H3. The van der Waals surface area contributed by atoms with E-state index in [1.54, 1.807) is 13.8 Å². The van der Waals surface area contributed by atoms with Gasteiger partial charge in [-0.3, -0.25) is 9.59 Å². The van der Waals surface area contributed by atoms with Crippen LogP contribution in [0.4, 0.5) is 0 Å². The van der Waals surface area contributed by atoms with Crippen LogP contribution < -0.4 is 0 Å². The lowest BCUT2D eigenvalue weighted by molar-refractivity contribution is -0.156. The maximum Gasteiger partial charge on any atom is 0.245 e.